The molecule has 0 fully saturated rings. The summed E-state index contributed by atoms with van der Waals surface area (Å²) in [4.78, 5) is 24.4. The molecule has 0 spiro atoms. The van der Waals surface area contributed by atoms with E-state index >= 15 is 0 Å². The van der Waals surface area contributed by atoms with Crippen LogP contribution in [0.3, 0.4) is 0 Å². The van der Waals surface area contributed by atoms with Gasteiger partial charge in [0.15, 0.2) is 10.9 Å². The Morgan fingerprint density at radius 3 is 2.41 bits per heavy atom. The maximum atomic E-state index is 12.6. The summed E-state index contributed by atoms with van der Waals surface area (Å²) in [6.45, 7) is 5.15. The van der Waals surface area contributed by atoms with Crippen molar-refractivity contribution in [2.75, 3.05) is 5.32 Å². The fourth-order valence-corrected chi connectivity index (χ4v) is 3.55. The monoisotopic (exact) mass is 380 g/mol. The SMILES string of the molecule is CC(=O)c1ccccc1NC(=O)[C@H](C)Sc1nnc(C)n1-c1ccccc1. The van der Waals surface area contributed by atoms with Crippen LogP contribution in [-0.2, 0) is 4.79 Å². The second-order valence-corrected chi connectivity index (χ2v) is 7.36. The number of hydrogen-bond donors (Lipinski definition) is 1. The van der Waals surface area contributed by atoms with E-state index in [1.165, 1.54) is 18.7 Å². The summed E-state index contributed by atoms with van der Waals surface area (Å²) in [5.41, 5.74) is 1.95. The van der Waals surface area contributed by atoms with Crippen LogP contribution < -0.4 is 5.32 Å². The van der Waals surface area contributed by atoms with Crippen LogP contribution in [0.4, 0.5) is 5.69 Å². The molecule has 0 radical (unpaired) electrons. The highest BCUT2D eigenvalue weighted by Crippen LogP contribution is 2.26. The molecule has 0 aliphatic heterocycles. The highest BCUT2D eigenvalue weighted by molar-refractivity contribution is 8.00. The number of nitrogens with one attached hydrogen (secondary N) is 1. The number of hydrogen-bond acceptors (Lipinski definition) is 5. The normalized spacial score (nSPS) is 11.8. The second-order valence-electron chi connectivity index (χ2n) is 6.05. The van der Waals surface area contributed by atoms with Gasteiger partial charge in [0.05, 0.1) is 10.9 Å². The number of aryl methyl sites for hydroxylation is 1. The van der Waals surface area contributed by atoms with Crippen LogP contribution in [0.1, 0.15) is 30.0 Å². The molecule has 27 heavy (non-hydrogen) atoms. The second kappa shape index (κ2) is 8.18. The molecular formula is C20H20N4O2S. The van der Waals surface area contributed by atoms with Crippen LogP contribution in [0.5, 0.6) is 0 Å². The minimum atomic E-state index is -0.420. The third-order valence-electron chi connectivity index (χ3n) is 4.03. The number of aromatic nitrogens is 3. The minimum absolute atomic E-state index is 0.0920. The molecule has 0 unspecified atom stereocenters. The smallest absolute Gasteiger partial charge is 0.237 e. The van der Waals surface area contributed by atoms with Crippen LogP contribution in [0, 0.1) is 6.92 Å². The fourth-order valence-electron chi connectivity index (χ4n) is 2.64. The number of para-hydroxylation sites is 2. The van der Waals surface area contributed by atoms with Crippen molar-refractivity contribution < 1.29 is 9.59 Å². The molecule has 0 aliphatic carbocycles. The molecule has 0 saturated heterocycles. The molecule has 1 heterocycles. The topological polar surface area (TPSA) is 76.9 Å². The Balaban J connectivity index is 1.78. The molecule has 6 nitrogen and oxygen atoms in total. The van der Waals surface area contributed by atoms with Gasteiger partial charge in [-0.1, -0.05) is 42.1 Å². The van der Waals surface area contributed by atoms with Gasteiger partial charge < -0.3 is 5.32 Å². The quantitative estimate of drug-likeness (QED) is 0.518. The van der Waals surface area contributed by atoms with E-state index in [9.17, 15) is 9.59 Å². The molecule has 2 aromatic carbocycles. The first-order chi connectivity index (χ1) is 13.0. The molecule has 0 bridgehead atoms. The molecule has 7 heteroatoms. The largest absolute Gasteiger partial charge is 0.324 e. The van der Waals surface area contributed by atoms with Crippen molar-refractivity contribution in [3.8, 4) is 5.69 Å². The Bertz CT molecular complexity index is 969. The van der Waals surface area contributed by atoms with Crippen molar-refractivity contribution in [1.29, 1.82) is 0 Å². The standard InChI is InChI=1S/C20H20N4O2S/c1-13(25)17-11-7-8-12-18(17)21-19(26)14(2)27-20-23-22-15(3)24(20)16-9-5-4-6-10-16/h4-12,14H,1-3H3,(H,21,26)/t14-/m0/s1. The summed E-state index contributed by atoms with van der Waals surface area (Å²) in [5, 5.41) is 11.4. The lowest BCUT2D eigenvalue weighted by atomic mass is 10.1. The van der Waals surface area contributed by atoms with Crippen molar-refractivity contribution in [1.82, 2.24) is 14.8 Å². The molecule has 3 aromatic rings. The van der Waals surface area contributed by atoms with Crippen LogP contribution >= 0.6 is 11.8 Å². The van der Waals surface area contributed by atoms with Gasteiger partial charge >= 0.3 is 0 Å². The van der Waals surface area contributed by atoms with Gasteiger partial charge in [0.1, 0.15) is 5.82 Å². The lowest BCUT2D eigenvalue weighted by Gasteiger charge is -2.14. The van der Waals surface area contributed by atoms with Crippen LogP contribution in [0.15, 0.2) is 59.8 Å². The maximum absolute atomic E-state index is 12.6. The van der Waals surface area contributed by atoms with Crippen molar-refractivity contribution in [2.24, 2.45) is 0 Å². The van der Waals surface area contributed by atoms with Gasteiger partial charge in [0, 0.05) is 11.3 Å². The van der Waals surface area contributed by atoms with Crippen LogP contribution in [-0.4, -0.2) is 31.7 Å². The first kappa shape index (κ1) is 18.8. The van der Waals surface area contributed by atoms with E-state index in [0.29, 0.717) is 16.4 Å². The third kappa shape index (κ3) is 4.25. The molecule has 0 saturated carbocycles. The fraction of sp³-hybridized carbons (Fsp3) is 0.200. The van der Waals surface area contributed by atoms with Crippen molar-refractivity contribution in [3.05, 3.63) is 66.0 Å². The maximum Gasteiger partial charge on any atom is 0.237 e. The summed E-state index contributed by atoms with van der Waals surface area (Å²) < 4.78 is 1.91. The number of nitrogens with zero attached hydrogens (tertiary/aromatic N) is 3. The van der Waals surface area contributed by atoms with Gasteiger partial charge in [-0.15, -0.1) is 10.2 Å². The van der Waals surface area contributed by atoms with E-state index in [1.54, 1.807) is 31.2 Å². The number of rotatable bonds is 6. The summed E-state index contributed by atoms with van der Waals surface area (Å²) in [6.07, 6.45) is 0. The molecule has 1 atom stereocenters. The Hall–Kier alpha value is -2.93. The van der Waals surface area contributed by atoms with Crippen LogP contribution in [0.25, 0.3) is 5.69 Å². The first-order valence-corrected chi connectivity index (χ1v) is 9.40. The molecule has 1 amide bonds. The summed E-state index contributed by atoms with van der Waals surface area (Å²) in [7, 11) is 0. The highest BCUT2D eigenvalue weighted by Gasteiger charge is 2.21. The zero-order valence-corrected chi connectivity index (χ0v) is 16.2. The van der Waals surface area contributed by atoms with E-state index in [-0.39, 0.29) is 11.7 Å². The Labute approximate surface area is 162 Å². The molecule has 138 valence electrons. The zero-order valence-electron chi connectivity index (χ0n) is 15.3. The number of carbonyl (C=O) groups excluding carboxylic acids is 2. The van der Waals surface area contributed by atoms with Gasteiger partial charge in [-0.05, 0) is 45.0 Å². The number of carbonyl (C=O) groups is 2. The lowest BCUT2D eigenvalue weighted by Crippen LogP contribution is -2.24. The molecular weight excluding hydrogens is 360 g/mol. The summed E-state index contributed by atoms with van der Waals surface area (Å²) >= 11 is 1.32. The predicted molar refractivity (Wildman–Crippen MR) is 106 cm³/mol. The number of ketones is 1. The van der Waals surface area contributed by atoms with Gasteiger partial charge in [-0.25, -0.2) is 0 Å². The number of thioether (sulfide) groups is 1. The van der Waals surface area contributed by atoms with E-state index < -0.39 is 5.25 Å². The Kier molecular flexibility index (Phi) is 5.71. The molecule has 1 aromatic heterocycles. The number of anilines is 1. The number of amides is 1. The van der Waals surface area contributed by atoms with E-state index in [0.717, 1.165) is 11.5 Å². The Morgan fingerprint density at radius 1 is 1.04 bits per heavy atom. The van der Waals surface area contributed by atoms with Crippen molar-refractivity contribution in [3.63, 3.8) is 0 Å². The minimum Gasteiger partial charge on any atom is -0.324 e. The summed E-state index contributed by atoms with van der Waals surface area (Å²) in [5.74, 6) is 0.456. The predicted octanol–water partition coefficient (Wildman–Crippen LogP) is 3.90. The first-order valence-electron chi connectivity index (χ1n) is 8.52. The van der Waals surface area contributed by atoms with Gasteiger partial charge in [-0.2, -0.15) is 0 Å². The molecule has 0 aliphatic rings. The average molecular weight is 380 g/mol. The van der Waals surface area contributed by atoms with E-state index in [4.69, 9.17) is 0 Å². The number of benzene rings is 2. The average Bonchev–Trinajstić information content (AvgIpc) is 3.02. The highest BCUT2D eigenvalue weighted by atomic mass is 32.2. The van der Waals surface area contributed by atoms with E-state index in [1.807, 2.05) is 41.8 Å². The number of Topliss-reactive ketones (excluding diaryl/α,β-unsaturated/α-hetero) is 1. The molecule has 1 N–H and O–H groups in total. The zero-order chi connectivity index (χ0) is 19.4. The van der Waals surface area contributed by atoms with E-state index in [2.05, 4.69) is 15.5 Å². The lowest BCUT2D eigenvalue weighted by molar-refractivity contribution is -0.115. The molecule has 3 rings (SSSR count). The van der Waals surface area contributed by atoms with Gasteiger partial charge in [-0.3, -0.25) is 14.2 Å². The van der Waals surface area contributed by atoms with Crippen LogP contribution in [0.2, 0.25) is 0 Å². The summed E-state index contributed by atoms with van der Waals surface area (Å²) in [6, 6.07) is 16.7. The third-order valence-corrected chi connectivity index (χ3v) is 5.07. The Morgan fingerprint density at radius 2 is 1.70 bits per heavy atom. The van der Waals surface area contributed by atoms with Gasteiger partial charge in [0.25, 0.3) is 0 Å². The van der Waals surface area contributed by atoms with Gasteiger partial charge in [0.2, 0.25) is 5.91 Å². The van der Waals surface area contributed by atoms with Crippen molar-refractivity contribution in [2.45, 2.75) is 31.2 Å². The van der Waals surface area contributed by atoms with Crippen molar-refractivity contribution >= 4 is 29.1 Å².